The molecule has 0 bridgehead atoms. The molecular formula is C11H11NO2S. The van der Waals surface area contributed by atoms with Crippen LogP contribution in [0.2, 0.25) is 0 Å². The lowest BCUT2D eigenvalue weighted by Gasteiger charge is -1.94. The number of carboxylic acids is 1. The van der Waals surface area contributed by atoms with Gasteiger partial charge in [-0.25, -0.2) is 9.78 Å². The fourth-order valence-corrected chi connectivity index (χ4v) is 2.33. The maximum atomic E-state index is 10.8. The van der Waals surface area contributed by atoms with Gasteiger partial charge in [-0.1, -0.05) is 13.8 Å². The fraction of sp³-hybridized carbons (Fsp3) is 0.273. The van der Waals surface area contributed by atoms with E-state index in [1.807, 2.05) is 0 Å². The second kappa shape index (κ2) is 3.62. The Morgan fingerprint density at radius 1 is 1.47 bits per heavy atom. The van der Waals surface area contributed by atoms with Crippen molar-refractivity contribution in [3.63, 3.8) is 0 Å². The Morgan fingerprint density at radius 3 is 2.80 bits per heavy atom. The summed E-state index contributed by atoms with van der Waals surface area (Å²) in [4.78, 5) is 15.2. The maximum Gasteiger partial charge on any atom is 0.335 e. The molecule has 0 aliphatic rings. The smallest absolute Gasteiger partial charge is 0.335 e. The molecule has 15 heavy (non-hydrogen) atoms. The second-order valence-corrected chi connectivity index (χ2v) is 4.76. The van der Waals surface area contributed by atoms with Gasteiger partial charge in [-0.2, -0.15) is 0 Å². The summed E-state index contributed by atoms with van der Waals surface area (Å²) in [6, 6.07) is 5.04. The van der Waals surface area contributed by atoms with Crippen LogP contribution in [-0.4, -0.2) is 16.1 Å². The number of hydrogen-bond donors (Lipinski definition) is 1. The molecule has 3 nitrogen and oxygen atoms in total. The minimum Gasteiger partial charge on any atom is -0.478 e. The van der Waals surface area contributed by atoms with Crippen LogP contribution in [0.15, 0.2) is 18.2 Å². The monoisotopic (exact) mass is 221 g/mol. The van der Waals surface area contributed by atoms with Crippen molar-refractivity contribution >= 4 is 27.5 Å². The van der Waals surface area contributed by atoms with Gasteiger partial charge in [-0.15, -0.1) is 11.3 Å². The van der Waals surface area contributed by atoms with E-state index in [0.717, 1.165) is 15.2 Å². The van der Waals surface area contributed by atoms with Gasteiger partial charge in [-0.3, -0.25) is 0 Å². The first-order valence-corrected chi connectivity index (χ1v) is 5.53. The van der Waals surface area contributed by atoms with E-state index in [-0.39, 0.29) is 0 Å². The lowest BCUT2D eigenvalue weighted by atomic mass is 10.2. The third kappa shape index (κ3) is 1.85. The first-order chi connectivity index (χ1) is 7.08. The summed E-state index contributed by atoms with van der Waals surface area (Å²) in [5, 5.41) is 9.89. The van der Waals surface area contributed by atoms with Crippen molar-refractivity contribution in [3.05, 3.63) is 28.8 Å². The molecule has 2 aromatic rings. The van der Waals surface area contributed by atoms with Crippen molar-refractivity contribution in [2.45, 2.75) is 19.8 Å². The van der Waals surface area contributed by atoms with Crippen LogP contribution in [0.4, 0.5) is 0 Å². The molecule has 1 heterocycles. The SMILES string of the molecule is CC(C)c1nc2ccc(C(=O)O)cc2s1. The number of rotatable bonds is 2. The molecule has 0 spiro atoms. The predicted octanol–water partition coefficient (Wildman–Crippen LogP) is 3.12. The van der Waals surface area contributed by atoms with Gasteiger partial charge < -0.3 is 5.11 Å². The Kier molecular flexibility index (Phi) is 2.44. The zero-order valence-corrected chi connectivity index (χ0v) is 9.34. The number of carboxylic acid groups (broad SMARTS) is 1. The Hall–Kier alpha value is -1.42. The van der Waals surface area contributed by atoms with Gasteiger partial charge in [0.1, 0.15) is 0 Å². The number of benzene rings is 1. The molecule has 0 radical (unpaired) electrons. The summed E-state index contributed by atoms with van der Waals surface area (Å²) in [7, 11) is 0. The summed E-state index contributed by atoms with van der Waals surface area (Å²) < 4.78 is 0.943. The van der Waals surface area contributed by atoms with Crippen molar-refractivity contribution in [1.82, 2.24) is 4.98 Å². The van der Waals surface area contributed by atoms with Crippen molar-refractivity contribution in [2.75, 3.05) is 0 Å². The Morgan fingerprint density at radius 2 is 2.20 bits per heavy atom. The van der Waals surface area contributed by atoms with E-state index < -0.39 is 5.97 Å². The molecule has 1 aromatic carbocycles. The Balaban J connectivity index is 2.57. The maximum absolute atomic E-state index is 10.8. The van der Waals surface area contributed by atoms with E-state index in [4.69, 9.17) is 5.11 Å². The van der Waals surface area contributed by atoms with E-state index in [9.17, 15) is 4.79 Å². The summed E-state index contributed by atoms with van der Waals surface area (Å²) in [5.41, 5.74) is 1.20. The van der Waals surface area contributed by atoms with Gasteiger partial charge in [0.2, 0.25) is 0 Å². The van der Waals surface area contributed by atoms with Gasteiger partial charge in [0, 0.05) is 5.92 Å². The quantitative estimate of drug-likeness (QED) is 0.847. The minimum atomic E-state index is -0.892. The van der Waals surface area contributed by atoms with Gasteiger partial charge >= 0.3 is 5.97 Å². The number of hydrogen-bond acceptors (Lipinski definition) is 3. The lowest BCUT2D eigenvalue weighted by molar-refractivity contribution is 0.0697. The molecule has 0 aliphatic heterocycles. The van der Waals surface area contributed by atoms with Crippen LogP contribution in [0.25, 0.3) is 10.2 Å². The minimum absolute atomic E-state index is 0.321. The molecule has 0 fully saturated rings. The van der Waals surface area contributed by atoms with Crippen LogP contribution in [0.3, 0.4) is 0 Å². The van der Waals surface area contributed by atoms with E-state index in [0.29, 0.717) is 11.5 Å². The molecule has 0 aliphatic carbocycles. The third-order valence-electron chi connectivity index (χ3n) is 2.15. The predicted molar refractivity (Wildman–Crippen MR) is 60.7 cm³/mol. The van der Waals surface area contributed by atoms with Gasteiger partial charge in [0.25, 0.3) is 0 Å². The summed E-state index contributed by atoms with van der Waals surface area (Å²) in [5.74, 6) is -0.507. The van der Waals surface area contributed by atoms with Crippen molar-refractivity contribution in [1.29, 1.82) is 0 Å². The number of carbonyl (C=O) groups is 1. The molecule has 0 amide bonds. The molecule has 1 N–H and O–H groups in total. The lowest BCUT2D eigenvalue weighted by Crippen LogP contribution is -1.94. The summed E-state index contributed by atoms with van der Waals surface area (Å²) in [6.07, 6.45) is 0. The molecule has 0 unspecified atom stereocenters. The topological polar surface area (TPSA) is 50.2 Å². The molecule has 2 rings (SSSR count). The van der Waals surface area contributed by atoms with Crippen LogP contribution < -0.4 is 0 Å². The molecule has 0 saturated carbocycles. The van der Waals surface area contributed by atoms with Crippen LogP contribution in [-0.2, 0) is 0 Å². The fourth-order valence-electron chi connectivity index (χ4n) is 1.32. The second-order valence-electron chi connectivity index (χ2n) is 3.69. The number of aromatic nitrogens is 1. The highest BCUT2D eigenvalue weighted by molar-refractivity contribution is 7.18. The number of aromatic carboxylic acids is 1. The highest BCUT2D eigenvalue weighted by Crippen LogP contribution is 2.27. The highest BCUT2D eigenvalue weighted by atomic mass is 32.1. The summed E-state index contributed by atoms with van der Waals surface area (Å²) >= 11 is 1.56. The van der Waals surface area contributed by atoms with Crippen LogP contribution in [0.1, 0.15) is 35.1 Å². The zero-order chi connectivity index (χ0) is 11.0. The molecule has 78 valence electrons. The van der Waals surface area contributed by atoms with Gasteiger partial charge in [0.05, 0.1) is 20.8 Å². The summed E-state index contributed by atoms with van der Waals surface area (Å²) in [6.45, 7) is 4.16. The number of nitrogens with zero attached hydrogens (tertiary/aromatic N) is 1. The number of fused-ring (bicyclic) bond motifs is 1. The van der Waals surface area contributed by atoms with Crippen molar-refractivity contribution < 1.29 is 9.90 Å². The normalized spacial score (nSPS) is 11.1. The van der Waals surface area contributed by atoms with E-state index in [1.165, 1.54) is 0 Å². The molecule has 1 aromatic heterocycles. The third-order valence-corrected chi connectivity index (χ3v) is 3.46. The Labute approximate surface area is 91.4 Å². The molecular weight excluding hydrogens is 210 g/mol. The molecule has 0 saturated heterocycles. The van der Waals surface area contributed by atoms with Crippen LogP contribution >= 0.6 is 11.3 Å². The van der Waals surface area contributed by atoms with Crippen molar-refractivity contribution in [3.8, 4) is 0 Å². The molecule has 4 heteroatoms. The first-order valence-electron chi connectivity index (χ1n) is 4.71. The van der Waals surface area contributed by atoms with Gasteiger partial charge in [-0.05, 0) is 18.2 Å². The van der Waals surface area contributed by atoms with Crippen LogP contribution in [0.5, 0.6) is 0 Å². The number of thiazole rings is 1. The molecule has 0 atom stereocenters. The average Bonchev–Trinajstić information content (AvgIpc) is 2.59. The largest absolute Gasteiger partial charge is 0.478 e. The zero-order valence-electron chi connectivity index (χ0n) is 8.52. The standard InChI is InChI=1S/C11H11NO2S/c1-6(2)10-12-8-4-3-7(11(13)14)5-9(8)15-10/h3-6H,1-2H3,(H,13,14). The first kappa shape index (κ1) is 10.1. The Bertz CT molecular complexity index is 516. The van der Waals surface area contributed by atoms with Gasteiger partial charge in [0.15, 0.2) is 0 Å². The highest BCUT2D eigenvalue weighted by Gasteiger charge is 2.09. The van der Waals surface area contributed by atoms with E-state index in [1.54, 1.807) is 29.5 Å². The van der Waals surface area contributed by atoms with Crippen molar-refractivity contribution in [2.24, 2.45) is 0 Å². The van der Waals surface area contributed by atoms with E-state index in [2.05, 4.69) is 18.8 Å². The van der Waals surface area contributed by atoms with E-state index >= 15 is 0 Å². The van der Waals surface area contributed by atoms with Crippen LogP contribution in [0, 0.1) is 0 Å². The average molecular weight is 221 g/mol.